The first kappa shape index (κ1) is 15.8. The van der Waals surface area contributed by atoms with Gasteiger partial charge in [0.05, 0.1) is 0 Å². The highest BCUT2D eigenvalue weighted by molar-refractivity contribution is 5.73. The fraction of sp³-hybridized carbons (Fsp3) is 0.900. The molecule has 0 saturated carbocycles. The SMILES string of the molecule is CCN(CC)C(C)=O.COC(C)OC. The molecule has 0 aromatic rings. The first-order valence-electron chi connectivity index (χ1n) is 4.84. The Bertz CT molecular complexity index is 131. The van der Waals surface area contributed by atoms with Gasteiger partial charge in [-0.25, -0.2) is 0 Å². The van der Waals surface area contributed by atoms with E-state index in [2.05, 4.69) is 9.47 Å². The number of carbonyl (C=O) groups excluding carboxylic acids is 1. The fourth-order valence-electron chi connectivity index (χ4n) is 0.765. The number of rotatable bonds is 4. The molecule has 0 saturated heterocycles. The van der Waals surface area contributed by atoms with Gasteiger partial charge in [-0.15, -0.1) is 0 Å². The predicted molar refractivity (Wildman–Crippen MR) is 57.1 cm³/mol. The van der Waals surface area contributed by atoms with Crippen LogP contribution < -0.4 is 0 Å². The summed E-state index contributed by atoms with van der Waals surface area (Å²) < 4.78 is 9.35. The second-order valence-electron chi connectivity index (χ2n) is 2.73. The molecule has 4 heteroatoms. The van der Waals surface area contributed by atoms with E-state index >= 15 is 0 Å². The van der Waals surface area contributed by atoms with Gasteiger partial charge in [-0.05, 0) is 20.8 Å². The molecule has 14 heavy (non-hydrogen) atoms. The molecule has 0 rings (SSSR count). The van der Waals surface area contributed by atoms with E-state index in [1.807, 2.05) is 20.8 Å². The summed E-state index contributed by atoms with van der Waals surface area (Å²) in [4.78, 5) is 12.3. The van der Waals surface area contributed by atoms with Crippen molar-refractivity contribution in [2.45, 2.75) is 34.0 Å². The van der Waals surface area contributed by atoms with E-state index in [1.54, 1.807) is 26.0 Å². The molecule has 0 aliphatic rings. The molecule has 1 amide bonds. The van der Waals surface area contributed by atoms with Crippen LogP contribution in [0, 0.1) is 0 Å². The fourth-order valence-corrected chi connectivity index (χ4v) is 0.765. The lowest BCUT2D eigenvalue weighted by molar-refractivity contribution is -0.128. The number of amides is 1. The van der Waals surface area contributed by atoms with Crippen molar-refractivity contribution in [2.75, 3.05) is 27.3 Å². The Morgan fingerprint density at radius 2 is 1.57 bits per heavy atom. The van der Waals surface area contributed by atoms with Crippen molar-refractivity contribution in [3.63, 3.8) is 0 Å². The third-order valence-corrected chi connectivity index (χ3v) is 1.87. The number of carbonyl (C=O) groups is 1. The molecule has 0 radical (unpaired) electrons. The van der Waals surface area contributed by atoms with Gasteiger partial charge in [-0.2, -0.15) is 0 Å². The third-order valence-electron chi connectivity index (χ3n) is 1.87. The van der Waals surface area contributed by atoms with Gasteiger partial charge in [0.15, 0.2) is 6.29 Å². The molecule has 0 unspecified atom stereocenters. The highest BCUT2D eigenvalue weighted by Crippen LogP contribution is 1.85. The smallest absolute Gasteiger partial charge is 0.219 e. The summed E-state index contributed by atoms with van der Waals surface area (Å²) in [5, 5.41) is 0. The number of methoxy groups -OCH3 is 2. The Morgan fingerprint density at radius 1 is 1.21 bits per heavy atom. The monoisotopic (exact) mass is 205 g/mol. The topological polar surface area (TPSA) is 38.8 Å². The maximum Gasteiger partial charge on any atom is 0.219 e. The van der Waals surface area contributed by atoms with Gasteiger partial charge in [-0.3, -0.25) is 4.79 Å². The van der Waals surface area contributed by atoms with Crippen molar-refractivity contribution in [3.8, 4) is 0 Å². The highest BCUT2D eigenvalue weighted by Gasteiger charge is 1.99. The zero-order valence-corrected chi connectivity index (χ0v) is 10.2. The lowest BCUT2D eigenvalue weighted by Crippen LogP contribution is -2.27. The quantitative estimate of drug-likeness (QED) is 0.653. The van der Waals surface area contributed by atoms with Crippen LogP contribution in [0.25, 0.3) is 0 Å². The van der Waals surface area contributed by atoms with Gasteiger partial charge in [-0.1, -0.05) is 0 Å². The molecule has 0 aromatic heterocycles. The summed E-state index contributed by atoms with van der Waals surface area (Å²) in [5.74, 6) is 0.162. The lowest BCUT2D eigenvalue weighted by Gasteiger charge is -2.14. The van der Waals surface area contributed by atoms with E-state index in [9.17, 15) is 4.79 Å². The van der Waals surface area contributed by atoms with E-state index in [4.69, 9.17) is 0 Å². The summed E-state index contributed by atoms with van der Waals surface area (Å²) in [5.41, 5.74) is 0. The van der Waals surface area contributed by atoms with Gasteiger partial charge in [0.2, 0.25) is 5.91 Å². The minimum Gasteiger partial charge on any atom is -0.356 e. The normalized spacial score (nSPS) is 9.36. The van der Waals surface area contributed by atoms with E-state index in [0.29, 0.717) is 0 Å². The average molecular weight is 205 g/mol. The van der Waals surface area contributed by atoms with Crippen LogP contribution in [-0.2, 0) is 14.3 Å². The molecule has 0 bridgehead atoms. The van der Waals surface area contributed by atoms with Crippen LogP contribution in [0.4, 0.5) is 0 Å². The number of hydrogen-bond donors (Lipinski definition) is 0. The van der Waals surface area contributed by atoms with Crippen LogP contribution in [-0.4, -0.2) is 44.4 Å². The third kappa shape index (κ3) is 9.48. The van der Waals surface area contributed by atoms with Crippen molar-refractivity contribution in [3.05, 3.63) is 0 Å². The minimum atomic E-state index is -0.0648. The zero-order chi connectivity index (χ0) is 11.6. The van der Waals surface area contributed by atoms with Crippen molar-refractivity contribution in [1.29, 1.82) is 0 Å². The molecule has 0 aliphatic carbocycles. The van der Waals surface area contributed by atoms with E-state index in [0.717, 1.165) is 13.1 Å². The summed E-state index contributed by atoms with van der Waals surface area (Å²) in [7, 11) is 3.21. The van der Waals surface area contributed by atoms with E-state index < -0.39 is 0 Å². The average Bonchev–Trinajstić information content (AvgIpc) is 2.19. The Morgan fingerprint density at radius 3 is 1.57 bits per heavy atom. The van der Waals surface area contributed by atoms with Gasteiger partial charge in [0.1, 0.15) is 0 Å². The van der Waals surface area contributed by atoms with Gasteiger partial charge >= 0.3 is 0 Å². The van der Waals surface area contributed by atoms with Gasteiger partial charge < -0.3 is 14.4 Å². The van der Waals surface area contributed by atoms with Crippen molar-refractivity contribution in [1.82, 2.24) is 4.90 Å². The molecule has 0 spiro atoms. The van der Waals surface area contributed by atoms with Crippen LogP contribution in [0.2, 0.25) is 0 Å². The Labute approximate surface area is 87.2 Å². The molecule has 0 fully saturated rings. The summed E-state index contributed by atoms with van der Waals surface area (Å²) in [6.45, 7) is 9.03. The maximum absolute atomic E-state index is 10.5. The van der Waals surface area contributed by atoms with E-state index in [-0.39, 0.29) is 12.2 Å². The van der Waals surface area contributed by atoms with Gasteiger partial charge in [0.25, 0.3) is 0 Å². The first-order chi connectivity index (χ1) is 6.53. The Balaban J connectivity index is 0. The first-order valence-corrected chi connectivity index (χ1v) is 4.84. The molecule has 0 atom stereocenters. The zero-order valence-electron chi connectivity index (χ0n) is 10.2. The summed E-state index contributed by atoms with van der Waals surface area (Å²) in [6.07, 6.45) is -0.0648. The van der Waals surface area contributed by atoms with Crippen molar-refractivity contribution >= 4 is 5.91 Å². The van der Waals surface area contributed by atoms with Crippen LogP contribution >= 0.6 is 0 Å². The number of nitrogens with zero attached hydrogens (tertiary/aromatic N) is 1. The summed E-state index contributed by atoms with van der Waals surface area (Å²) >= 11 is 0. The largest absolute Gasteiger partial charge is 0.356 e. The standard InChI is InChI=1S/C6H13NO.C4H10O2/c1-4-7(5-2)6(3)8;1-4(5-2)6-3/h4-5H2,1-3H3;4H,1-3H3. The molecule has 0 aliphatic heterocycles. The van der Waals surface area contributed by atoms with Crippen LogP contribution in [0.3, 0.4) is 0 Å². The number of ether oxygens (including phenoxy) is 2. The van der Waals surface area contributed by atoms with Gasteiger partial charge in [0, 0.05) is 34.2 Å². The van der Waals surface area contributed by atoms with Crippen LogP contribution in [0.5, 0.6) is 0 Å². The molecule has 86 valence electrons. The van der Waals surface area contributed by atoms with Crippen LogP contribution in [0.15, 0.2) is 0 Å². The lowest BCUT2D eigenvalue weighted by atomic mass is 10.5. The second-order valence-corrected chi connectivity index (χ2v) is 2.73. The second kappa shape index (κ2) is 10.5. The molecule has 0 heterocycles. The molecular weight excluding hydrogens is 182 g/mol. The van der Waals surface area contributed by atoms with E-state index in [1.165, 1.54) is 0 Å². The molecule has 0 aromatic carbocycles. The van der Waals surface area contributed by atoms with Crippen molar-refractivity contribution < 1.29 is 14.3 Å². The van der Waals surface area contributed by atoms with Crippen molar-refractivity contribution in [2.24, 2.45) is 0 Å². The molecule has 0 N–H and O–H groups in total. The van der Waals surface area contributed by atoms with Crippen LogP contribution in [0.1, 0.15) is 27.7 Å². The Kier molecular flexibility index (Phi) is 11.9. The molecular formula is C10H23NO3. The Hall–Kier alpha value is -0.610. The predicted octanol–water partition coefficient (Wildman–Crippen LogP) is 1.50. The maximum atomic E-state index is 10.5. The molecule has 4 nitrogen and oxygen atoms in total. The summed E-state index contributed by atoms with van der Waals surface area (Å²) in [6, 6.07) is 0. The highest BCUT2D eigenvalue weighted by atomic mass is 16.7. The minimum absolute atomic E-state index is 0.0648. The number of hydrogen-bond acceptors (Lipinski definition) is 3.